The van der Waals surface area contributed by atoms with Crippen molar-refractivity contribution in [2.24, 2.45) is 0 Å². The smallest absolute Gasteiger partial charge is 0.164 e. The lowest BCUT2D eigenvalue weighted by Crippen LogP contribution is -2.01. The lowest BCUT2D eigenvalue weighted by molar-refractivity contribution is 1.07. The molecule has 0 unspecified atom stereocenters. The molecule has 0 bridgehead atoms. The van der Waals surface area contributed by atoms with Crippen molar-refractivity contribution in [3.63, 3.8) is 0 Å². The molecule has 0 amide bonds. The zero-order chi connectivity index (χ0) is 30.5. The Kier molecular flexibility index (Phi) is 8.79. The number of hydrogen-bond acceptors (Lipinski definition) is 3. The van der Waals surface area contributed by atoms with Gasteiger partial charge in [-0.15, -0.1) is 0 Å². The van der Waals surface area contributed by atoms with Crippen LogP contribution in [0.2, 0.25) is 10.0 Å². The van der Waals surface area contributed by atoms with Gasteiger partial charge in [0.05, 0.1) is 0 Å². The topological polar surface area (TPSA) is 38.7 Å². The normalized spacial score (nSPS) is 10.7. The third kappa shape index (κ3) is 6.40. The van der Waals surface area contributed by atoms with E-state index in [-0.39, 0.29) is 0 Å². The van der Waals surface area contributed by atoms with Gasteiger partial charge in [-0.2, -0.15) is 0 Å². The van der Waals surface area contributed by atoms with Gasteiger partial charge in [-0.3, -0.25) is 0 Å². The van der Waals surface area contributed by atoms with Gasteiger partial charge in [0, 0.05) is 26.7 Å². The van der Waals surface area contributed by atoms with Crippen molar-refractivity contribution in [1.82, 2.24) is 15.0 Å². The third-order valence-electron chi connectivity index (χ3n) is 7.17. The van der Waals surface area contributed by atoms with E-state index in [1.807, 2.05) is 92.7 Å². The van der Waals surface area contributed by atoms with Crippen molar-refractivity contribution in [1.29, 1.82) is 0 Å². The molecule has 0 radical (unpaired) electrons. The second-order valence-corrected chi connectivity index (χ2v) is 10.9. The average Bonchev–Trinajstić information content (AvgIpc) is 3.09. The molecule has 0 aliphatic heterocycles. The highest BCUT2D eigenvalue weighted by Crippen LogP contribution is 2.34. The monoisotopic (exact) mass is 609 g/mol. The summed E-state index contributed by atoms with van der Waals surface area (Å²) >= 11 is 13.3. The first-order valence-corrected chi connectivity index (χ1v) is 15.3. The Morgan fingerprint density at radius 2 is 0.750 bits per heavy atom. The average molecular weight is 611 g/mol. The molecule has 0 N–H and O–H groups in total. The fourth-order valence-electron chi connectivity index (χ4n) is 5.12. The highest BCUT2D eigenvalue weighted by atomic mass is 35.5. The van der Waals surface area contributed by atoms with Crippen LogP contribution >= 0.6 is 23.2 Å². The minimum absolute atomic E-state index is 0.532. The van der Waals surface area contributed by atoms with Crippen LogP contribution in [0.1, 0.15) is 13.8 Å². The van der Waals surface area contributed by atoms with E-state index < -0.39 is 0 Å². The lowest BCUT2D eigenvalue weighted by atomic mass is 10.0. The number of nitrogens with zero attached hydrogens (tertiary/aromatic N) is 3. The molecule has 3 nitrogen and oxygen atoms in total. The fourth-order valence-corrected chi connectivity index (χ4v) is 5.59. The number of halogens is 2. The first-order valence-electron chi connectivity index (χ1n) is 14.6. The van der Waals surface area contributed by atoms with Crippen LogP contribution in [-0.2, 0) is 0 Å². The fraction of sp³-hybridized carbons (Fsp3) is 0.0513. The van der Waals surface area contributed by atoms with Crippen LogP contribution in [0.25, 0.3) is 67.2 Å². The van der Waals surface area contributed by atoms with E-state index in [1.165, 1.54) is 0 Å². The van der Waals surface area contributed by atoms with Gasteiger partial charge in [-0.1, -0.05) is 134 Å². The molecule has 1 aromatic heterocycles. The van der Waals surface area contributed by atoms with Crippen molar-refractivity contribution >= 4 is 34.0 Å². The number of hydrogen-bond donors (Lipinski definition) is 0. The first-order chi connectivity index (χ1) is 21.6. The quantitative estimate of drug-likeness (QED) is 0.195. The molecule has 0 aliphatic carbocycles. The second kappa shape index (κ2) is 13.2. The molecule has 7 rings (SSSR count). The van der Waals surface area contributed by atoms with Crippen LogP contribution in [0.3, 0.4) is 0 Å². The van der Waals surface area contributed by atoms with E-state index in [4.69, 9.17) is 38.2 Å². The van der Waals surface area contributed by atoms with Gasteiger partial charge < -0.3 is 0 Å². The maximum Gasteiger partial charge on any atom is 0.164 e. The largest absolute Gasteiger partial charge is 0.208 e. The zero-order valence-electron chi connectivity index (χ0n) is 24.4. The van der Waals surface area contributed by atoms with Gasteiger partial charge in [0.25, 0.3) is 0 Å². The second-order valence-electron chi connectivity index (χ2n) is 10.1. The molecular formula is C39H29Cl2N3. The van der Waals surface area contributed by atoms with Crippen LogP contribution in [0.5, 0.6) is 0 Å². The molecular weight excluding hydrogens is 581 g/mol. The molecule has 0 saturated carbocycles. The SMILES string of the molecule is CC.Clc1cc(-c2ccccc2)cc(-c2nc(-c3cc(Cl)cc(-c4ccccc4)c3)nc(-c3ccc4ccccc4c3)n2)c1. The van der Waals surface area contributed by atoms with Gasteiger partial charge in [0.15, 0.2) is 17.5 Å². The number of fused-ring (bicyclic) bond motifs is 1. The van der Waals surface area contributed by atoms with Crippen LogP contribution in [0.4, 0.5) is 0 Å². The molecule has 5 heteroatoms. The van der Waals surface area contributed by atoms with Crippen molar-refractivity contribution in [3.05, 3.63) is 150 Å². The Hall–Kier alpha value is -4.83. The van der Waals surface area contributed by atoms with Crippen molar-refractivity contribution in [2.45, 2.75) is 13.8 Å². The minimum atomic E-state index is 0.532. The lowest BCUT2D eigenvalue weighted by Gasteiger charge is -2.12. The Bertz CT molecular complexity index is 1950. The Balaban J connectivity index is 0.00000168. The number of aromatic nitrogens is 3. The highest BCUT2D eigenvalue weighted by Gasteiger charge is 2.15. The summed E-state index contributed by atoms with van der Waals surface area (Å²) in [5.41, 5.74) is 6.60. The van der Waals surface area contributed by atoms with Crippen molar-refractivity contribution < 1.29 is 0 Å². The molecule has 0 spiro atoms. The third-order valence-corrected chi connectivity index (χ3v) is 7.61. The highest BCUT2D eigenvalue weighted by molar-refractivity contribution is 6.31. The van der Waals surface area contributed by atoms with Gasteiger partial charge in [-0.25, -0.2) is 15.0 Å². The van der Waals surface area contributed by atoms with E-state index in [1.54, 1.807) is 0 Å². The summed E-state index contributed by atoms with van der Waals surface area (Å²) in [5, 5.41) is 3.48. The number of benzene rings is 6. The predicted octanol–water partition coefficient (Wildman–Crippen LogP) is 11.7. The Labute approximate surface area is 267 Å². The summed E-state index contributed by atoms with van der Waals surface area (Å²) in [7, 11) is 0. The maximum atomic E-state index is 6.65. The number of rotatable bonds is 5. The predicted molar refractivity (Wildman–Crippen MR) is 186 cm³/mol. The standard InChI is InChI=1S/C37H23Cl2N3.C2H6/c38-33-20-29(24-9-3-1-4-10-24)18-31(22-33)36-40-35(28-16-15-26-13-7-8-14-27(26)17-28)41-37(42-36)32-19-30(21-34(39)23-32)25-11-5-2-6-12-25;1-2/h1-23H;1-2H3. The molecule has 7 aromatic rings. The Morgan fingerprint density at radius 3 is 1.25 bits per heavy atom. The van der Waals surface area contributed by atoms with Crippen molar-refractivity contribution in [2.75, 3.05) is 0 Å². The van der Waals surface area contributed by atoms with Gasteiger partial charge >= 0.3 is 0 Å². The Morgan fingerprint density at radius 1 is 0.341 bits per heavy atom. The molecule has 0 saturated heterocycles. The molecule has 0 fully saturated rings. The van der Waals surface area contributed by atoms with E-state index in [0.717, 1.165) is 49.7 Å². The molecule has 1 heterocycles. The minimum Gasteiger partial charge on any atom is -0.208 e. The summed E-state index contributed by atoms with van der Waals surface area (Å²) in [5.74, 6) is 1.64. The van der Waals surface area contributed by atoms with Crippen LogP contribution in [-0.4, -0.2) is 15.0 Å². The van der Waals surface area contributed by atoms with E-state index >= 15 is 0 Å². The summed E-state index contributed by atoms with van der Waals surface area (Å²) < 4.78 is 0. The van der Waals surface area contributed by atoms with Crippen LogP contribution in [0.15, 0.2) is 140 Å². The van der Waals surface area contributed by atoms with E-state index in [9.17, 15) is 0 Å². The zero-order valence-corrected chi connectivity index (χ0v) is 25.9. The molecule has 0 aliphatic rings. The summed E-state index contributed by atoms with van der Waals surface area (Å²) in [6.07, 6.45) is 0. The first kappa shape index (κ1) is 29.3. The summed E-state index contributed by atoms with van der Waals surface area (Å²) in [6.45, 7) is 4.00. The van der Waals surface area contributed by atoms with Gasteiger partial charge in [0.1, 0.15) is 0 Å². The summed E-state index contributed by atoms with van der Waals surface area (Å²) in [6, 6.07) is 46.6. The van der Waals surface area contributed by atoms with E-state index in [2.05, 4.69) is 60.7 Å². The van der Waals surface area contributed by atoms with Gasteiger partial charge in [0.2, 0.25) is 0 Å². The molecule has 0 atom stereocenters. The van der Waals surface area contributed by atoms with Crippen LogP contribution < -0.4 is 0 Å². The van der Waals surface area contributed by atoms with Crippen molar-refractivity contribution in [3.8, 4) is 56.4 Å². The van der Waals surface area contributed by atoms with Gasteiger partial charge in [-0.05, 0) is 75.5 Å². The molecule has 44 heavy (non-hydrogen) atoms. The maximum absolute atomic E-state index is 6.65. The van der Waals surface area contributed by atoms with E-state index in [0.29, 0.717) is 27.5 Å². The molecule has 214 valence electrons. The van der Waals surface area contributed by atoms with Crippen LogP contribution in [0, 0.1) is 0 Å². The summed E-state index contributed by atoms with van der Waals surface area (Å²) in [4.78, 5) is 14.9. The molecule has 6 aromatic carbocycles.